The number of likely N-dealkylation sites (tertiary alicyclic amines) is 1. The lowest BCUT2D eigenvalue weighted by Gasteiger charge is -2.32. The number of nitrogens with zero attached hydrogens (tertiary/aromatic N) is 1. The van der Waals surface area contributed by atoms with Gasteiger partial charge in [-0.1, -0.05) is 29.8 Å². The van der Waals surface area contributed by atoms with Gasteiger partial charge < -0.3 is 19.7 Å². The number of amides is 2. The summed E-state index contributed by atoms with van der Waals surface area (Å²) in [5, 5.41) is 3.41. The summed E-state index contributed by atoms with van der Waals surface area (Å²) in [6, 6.07) is 13.8. The second-order valence-corrected chi connectivity index (χ2v) is 6.64. The zero-order valence-corrected chi connectivity index (χ0v) is 15.7. The summed E-state index contributed by atoms with van der Waals surface area (Å²) in [4.78, 5) is 25.8. The molecular formula is C20H21ClN2O4. The van der Waals surface area contributed by atoms with Gasteiger partial charge in [-0.15, -0.1) is 0 Å². The Morgan fingerprint density at radius 3 is 2.56 bits per heavy atom. The smallest absolute Gasteiger partial charge is 0.337 e. The van der Waals surface area contributed by atoms with Gasteiger partial charge in [0.05, 0.1) is 17.7 Å². The molecular weight excluding hydrogens is 368 g/mol. The first-order chi connectivity index (χ1) is 13.1. The van der Waals surface area contributed by atoms with E-state index in [9.17, 15) is 9.59 Å². The minimum atomic E-state index is -0.441. The molecule has 0 unspecified atom stereocenters. The van der Waals surface area contributed by atoms with Gasteiger partial charge in [0.15, 0.2) is 0 Å². The van der Waals surface area contributed by atoms with Crippen LogP contribution < -0.4 is 10.1 Å². The number of carbonyl (C=O) groups excluding carboxylic acids is 2. The number of anilines is 1. The second kappa shape index (κ2) is 8.77. The summed E-state index contributed by atoms with van der Waals surface area (Å²) in [7, 11) is 1.32. The van der Waals surface area contributed by atoms with Gasteiger partial charge in [-0.25, -0.2) is 9.59 Å². The van der Waals surface area contributed by atoms with Gasteiger partial charge in [0.25, 0.3) is 0 Å². The summed E-state index contributed by atoms with van der Waals surface area (Å²) in [5.41, 5.74) is 0.944. The van der Waals surface area contributed by atoms with E-state index in [1.807, 2.05) is 18.2 Å². The van der Waals surface area contributed by atoms with Crippen molar-refractivity contribution >= 4 is 29.3 Å². The van der Waals surface area contributed by atoms with E-state index in [0.29, 0.717) is 35.1 Å². The van der Waals surface area contributed by atoms with Crippen LogP contribution in [0.25, 0.3) is 0 Å². The fourth-order valence-electron chi connectivity index (χ4n) is 2.94. The van der Waals surface area contributed by atoms with Crippen LogP contribution in [-0.2, 0) is 4.74 Å². The number of urea groups is 1. The van der Waals surface area contributed by atoms with E-state index >= 15 is 0 Å². The molecule has 0 atom stereocenters. The van der Waals surface area contributed by atoms with Crippen molar-refractivity contribution in [1.82, 2.24) is 4.90 Å². The van der Waals surface area contributed by atoms with Crippen LogP contribution in [0.4, 0.5) is 10.5 Å². The Hall–Kier alpha value is -2.73. The number of rotatable bonds is 4. The zero-order valence-electron chi connectivity index (χ0n) is 15.0. The van der Waals surface area contributed by atoms with Crippen molar-refractivity contribution in [2.45, 2.75) is 18.9 Å². The molecule has 7 heteroatoms. The molecule has 1 heterocycles. The molecule has 1 N–H and O–H groups in total. The van der Waals surface area contributed by atoms with Crippen molar-refractivity contribution in [3.8, 4) is 5.75 Å². The van der Waals surface area contributed by atoms with E-state index < -0.39 is 5.97 Å². The average molecular weight is 389 g/mol. The van der Waals surface area contributed by atoms with Gasteiger partial charge in [-0.3, -0.25) is 0 Å². The third-order valence-corrected chi connectivity index (χ3v) is 4.71. The predicted molar refractivity (Wildman–Crippen MR) is 103 cm³/mol. The molecule has 0 radical (unpaired) electrons. The van der Waals surface area contributed by atoms with Gasteiger partial charge in [-0.05, 0) is 30.3 Å². The van der Waals surface area contributed by atoms with Gasteiger partial charge in [0, 0.05) is 31.6 Å². The molecule has 0 bridgehead atoms. The average Bonchev–Trinajstić information content (AvgIpc) is 2.70. The number of carbonyl (C=O) groups is 2. The van der Waals surface area contributed by atoms with Crippen LogP contribution >= 0.6 is 11.6 Å². The van der Waals surface area contributed by atoms with Crippen molar-refractivity contribution in [2.24, 2.45) is 0 Å². The van der Waals surface area contributed by atoms with Crippen LogP contribution in [0.1, 0.15) is 23.2 Å². The maximum absolute atomic E-state index is 12.5. The maximum Gasteiger partial charge on any atom is 0.337 e. The lowest BCUT2D eigenvalue weighted by atomic mass is 10.1. The number of para-hydroxylation sites is 1. The van der Waals surface area contributed by atoms with E-state index in [1.54, 1.807) is 35.2 Å². The SMILES string of the molecule is COC(=O)c1cccc(NC(=O)N2CCC(Oc3ccccc3Cl)CC2)c1. The highest BCUT2D eigenvalue weighted by Gasteiger charge is 2.24. The van der Waals surface area contributed by atoms with E-state index in [4.69, 9.17) is 21.1 Å². The number of hydrogen-bond acceptors (Lipinski definition) is 4. The molecule has 27 heavy (non-hydrogen) atoms. The Kier molecular flexibility index (Phi) is 6.19. The molecule has 0 spiro atoms. The predicted octanol–water partition coefficient (Wildman–Crippen LogP) is 4.20. The van der Waals surface area contributed by atoms with Crippen molar-refractivity contribution < 1.29 is 19.1 Å². The fraction of sp³-hybridized carbons (Fsp3) is 0.300. The Labute approximate surface area is 163 Å². The Balaban J connectivity index is 1.53. The van der Waals surface area contributed by atoms with Crippen LogP contribution in [0.15, 0.2) is 48.5 Å². The minimum Gasteiger partial charge on any atom is -0.489 e. The molecule has 3 rings (SSSR count). The third kappa shape index (κ3) is 4.92. The normalized spacial score (nSPS) is 14.5. The first kappa shape index (κ1) is 19.0. The van der Waals surface area contributed by atoms with Crippen molar-refractivity contribution in [1.29, 1.82) is 0 Å². The quantitative estimate of drug-likeness (QED) is 0.797. The fourth-order valence-corrected chi connectivity index (χ4v) is 3.12. The number of ether oxygens (including phenoxy) is 2. The largest absolute Gasteiger partial charge is 0.489 e. The highest BCUT2D eigenvalue weighted by molar-refractivity contribution is 6.32. The third-order valence-electron chi connectivity index (χ3n) is 4.39. The number of nitrogens with one attached hydrogen (secondary N) is 1. The molecule has 0 aromatic heterocycles. The van der Waals surface area contributed by atoms with E-state index in [-0.39, 0.29) is 12.1 Å². The molecule has 0 saturated carbocycles. The first-order valence-corrected chi connectivity index (χ1v) is 9.10. The topological polar surface area (TPSA) is 67.9 Å². The summed E-state index contributed by atoms with van der Waals surface area (Å²) in [5.74, 6) is 0.227. The van der Waals surface area contributed by atoms with Crippen LogP contribution in [0, 0.1) is 0 Å². The lowest BCUT2D eigenvalue weighted by molar-refractivity contribution is 0.0600. The standard InChI is InChI=1S/C20H21ClN2O4/c1-26-19(24)14-5-4-6-15(13-14)22-20(25)23-11-9-16(10-12-23)27-18-8-3-2-7-17(18)21/h2-8,13,16H,9-12H2,1H3,(H,22,25). The molecule has 142 valence electrons. The second-order valence-electron chi connectivity index (χ2n) is 6.24. The van der Waals surface area contributed by atoms with E-state index in [1.165, 1.54) is 7.11 Å². The van der Waals surface area contributed by atoms with Gasteiger partial charge >= 0.3 is 12.0 Å². The molecule has 1 saturated heterocycles. The Morgan fingerprint density at radius 1 is 1.11 bits per heavy atom. The number of halogens is 1. The highest BCUT2D eigenvalue weighted by Crippen LogP contribution is 2.27. The summed E-state index contributed by atoms with van der Waals surface area (Å²) >= 11 is 6.13. The minimum absolute atomic E-state index is 0.0246. The molecule has 1 aliphatic heterocycles. The molecule has 2 aromatic rings. The monoisotopic (exact) mass is 388 g/mol. The number of hydrogen-bond donors (Lipinski definition) is 1. The molecule has 2 amide bonds. The van der Waals surface area contributed by atoms with Gasteiger partial charge in [-0.2, -0.15) is 0 Å². The number of methoxy groups -OCH3 is 1. The van der Waals surface area contributed by atoms with E-state index in [0.717, 1.165) is 12.8 Å². The van der Waals surface area contributed by atoms with E-state index in [2.05, 4.69) is 5.32 Å². The lowest BCUT2D eigenvalue weighted by Crippen LogP contribution is -2.43. The summed E-state index contributed by atoms with van der Waals surface area (Å²) in [6.07, 6.45) is 1.47. The molecule has 1 aliphatic rings. The van der Waals surface area contributed by atoms with Crippen molar-refractivity contribution in [3.63, 3.8) is 0 Å². The van der Waals surface area contributed by atoms with Gasteiger partial charge in [0.1, 0.15) is 11.9 Å². The summed E-state index contributed by atoms with van der Waals surface area (Å²) in [6.45, 7) is 1.16. The summed E-state index contributed by atoms with van der Waals surface area (Å²) < 4.78 is 10.6. The molecule has 6 nitrogen and oxygen atoms in total. The van der Waals surface area contributed by atoms with Gasteiger partial charge in [0.2, 0.25) is 0 Å². The van der Waals surface area contributed by atoms with Crippen LogP contribution in [0.2, 0.25) is 5.02 Å². The van der Waals surface area contributed by atoms with Crippen molar-refractivity contribution in [2.75, 3.05) is 25.5 Å². The number of esters is 1. The Morgan fingerprint density at radius 2 is 1.85 bits per heavy atom. The highest BCUT2D eigenvalue weighted by atomic mass is 35.5. The number of benzene rings is 2. The zero-order chi connectivity index (χ0) is 19.2. The van der Waals surface area contributed by atoms with Crippen molar-refractivity contribution in [3.05, 3.63) is 59.1 Å². The molecule has 0 aliphatic carbocycles. The maximum atomic E-state index is 12.5. The van der Waals surface area contributed by atoms with Crippen LogP contribution in [0.3, 0.4) is 0 Å². The number of piperidine rings is 1. The Bertz CT molecular complexity index is 819. The first-order valence-electron chi connectivity index (χ1n) is 8.72. The van der Waals surface area contributed by atoms with Crippen LogP contribution in [-0.4, -0.2) is 43.2 Å². The molecule has 2 aromatic carbocycles. The van der Waals surface area contributed by atoms with Crippen LogP contribution in [0.5, 0.6) is 5.75 Å². The molecule has 1 fully saturated rings.